The Morgan fingerprint density at radius 1 is 1.19 bits per heavy atom. The lowest BCUT2D eigenvalue weighted by molar-refractivity contribution is 0.274. The lowest BCUT2D eigenvalue weighted by Gasteiger charge is -2.26. The van der Waals surface area contributed by atoms with Crippen LogP contribution in [0.15, 0.2) is 0 Å². The molecule has 0 radical (unpaired) electrons. The zero-order valence-corrected chi connectivity index (χ0v) is 12.0. The smallest absolute Gasteiger partial charge is 0.00204 e. The van der Waals surface area contributed by atoms with Gasteiger partial charge in [0.15, 0.2) is 0 Å². The lowest BCUT2D eigenvalue weighted by atomic mass is 9.82. The van der Waals surface area contributed by atoms with Crippen molar-refractivity contribution in [3.8, 4) is 0 Å². The summed E-state index contributed by atoms with van der Waals surface area (Å²) in [5.74, 6) is 3.28. The molecule has 1 saturated carbocycles. The zero-order chi connectivity index (χ0) is 11.6. The molecule has 2 unspecified atom stereocenters. The summed E-state index contributed by atoms with van der Waals surface area (Å²) in [6.07, 6.45) is 12.2. The van der Waals surface area contributed by atoms with Gasteiger partial charge in [-0.25, -0.2) is 0 Å². The standard InChI is InChI=1S/C14H29NS/c1-13-7-6-8-14(11-13)12-15-9-4-3-5-10-16-2/h13-15H,3-12H2,1-2H3. The van der Waals surface area contributed by atoms with Crippen molar-refractivity contribution in [3.63, 3.8) is 0 Å². The van der Waals surface area contributed by atoms with Crippen LogP contribution >= 0.6 is 11.8 Å². The largest absolute Gasteiger partial charge is 0.316 e. The van der Waals surface area contributed by atoms with Gasteiger partial charge in [0.25, 0.3) is 0 Å². The van der Waals surface area contributed by atoms with Crippen molar-refractivity contribution in [1.82, 2.24) is 5.32 Å². The number of nitrogens with one attached hydrogen (secondary N) is 1. The van der Waals surface area contributed by atoms with Crippen LogP contribution < -0.4 is 5.32 Å². The number of rotatable bonds is 8. The van der Waals surface area contributed by atoms with Crippen molar-refractivity contribution in [2.45, 2.75) is 51.9 Å². The molecule has 0 aliphatic heterocycles. The predicted molar refractivity (Wildman–Crippen MR) is 76.2 cm³/mol. The number of unbranched alkanes of at least 4 members (excludes halogenated alkanes) is 2. The summed E-state index contributed by atoms with van der Waals surface area (Å²) in [5, 5.41) is 3.65. The van der Waals surface area contributed by atoms with E-state index in [1.165, 1.54) is 63.8 Å². The van der Waals surface area contributed by atoms with Crippen LogP contribution in [0.5, 0.6) is 0 Å². The molecule has 1 rings (SSSR count). The molecule has 0 saturated heterocycles. The fraction of sp³-hybridized carbons (Fsp3) is 1.00. The molecule has 2 atom stereocenters. The third kappa shape index (κ3) is 6.80. The van der Waals surface area contributed by atoms with E-state index in [1.807, 2.05) is 11.8 Å². The van der Waals surface area contributed by atoms with Crippen LogP contribution in [0.3, 0.4) is 0 Å². The van der Waals surface area contributed by atoms with Gasteiger partial charge in [-0.1, -0.05) is 26.2 Å². The fourth-order valence-corrected chi connectivity index (χ4v) is 3.22. The summed E-state index contributed by atoms with van der Waals surface area (Å²) in [7, 11) is 0. The van der Waals surface area contributed by atoms with Crippen LogP contribution in [0, 0.1) is 11.8 Å². The van der Waals surface area contributed by atoms with Crippen molar-refractivity contribution in [3.05, 3.63) is 0 Å². The molecule has 0 spiro atoms. The molecular formula is C14H29NS. The van der Waals surface area contributed by atoms with Crippen molar-refractivity contribution in [2.24, 2.45) is 11.8 Å². The average Bonchev–Trinajstić information content (AvgIpc) is 2.28. The molecule has 0 aromatic rings. The second-order valence-electron chi connectivity index (χ2n) is 5.40. The summed E-state index contributed by atoms with van der Waals surface area (Å²) < 4.78 is 0. The zero-order valence-electron chi connectivity index (χ0n) is 11.1. The van der Waals surface area contributed by atoms with Crippen molar-refractivity contribution >= 4 is 11.8 Å². The van der Waals surface area contributed by atoms with Gasteiger partial charge in [-0.15, -0.1) is 0 Å². The topological polar surface area (TPSA) is 12.0 Å². The van der Waals surface area contributed by atoms with Gasteiger partial charge in [-0.3, -0.25) is 0 Å². The first-order chi connectivity index (χ1) is 7.83. The van der Waals surface area contributed by atoms with Gasteiger partial charge in [0.05, 0.1) is 0 Å². The highest BCUT2D eigenvalue weighted by atomic mass is 32.2. The van der Waals surface area contributed by atoms with E-state index in [2.05, 4.69) is 18.5 Å². The highest BCUT2D eigenvalue weighted by Crippen LogP contribution is 2.27. The average molecular weight is 243 g/mol. The summed E-state index contributed by atoms with van der Waals surface area (Å²) in [6, 6.07) is 0. The molecule has 96 valence electrons. The van der Waals surface area contributed by atoms with Gasteiger partial charge in [-0.2, -0.15) is 11.8 Å². The fourth-order valence-electron chi connectivity index (χ4n) is 2.72. The van der Waals surface area contributed by atoms with Crippen molar-refractivity contribution < 1.29 is 0 Å². The first-order valence-corrected chi connectivity index (χ1v) is 8.42. The van der Waals surface area contributed by atoms with E-state index in [-0.39, 0.29) is 0 Å². The Morgan fingerprint density at radius 2 is 2.06 bits per heavy atom. The van der Waals surface area contributed by atoms with Crippen LogP contribution in [-0.2, 0) is 0 Å². The van der Waals surface area contributed by atoms with Gasteiger partial charge in [0.2, 0.25) is 0 Å². The minimum absolute atomic E-state index is 0.968. The van der Waals surface area contributed by atoms with Crippen LogP contribution in [-0.4, -0.2) is 25.1 Å². The molecule has 0 bridgehead atoms. The van der Waals surface area contributed by atoms with Gasteiger partial charge >= 0.3 is 0 Å². The van der Waals surface area contributed by atoms with Crippen LogP contribution in [0.25, 0.3) is 0 Å². The molecular weight excluding hydrogens is 214 g/mol. The quantitative estimate of drug-likeness (QED) is 0.648. The maximum atomic E-state index is 3.65. The highest BCUT2D eigenvalue weighted by molar-refractivity contribution is 7.98. The minimum atomic E-state index is 0.968. The Morgan fingerprint density at radius 3 is 2.81 bits per heavy atom. The molecule has 0 aromatic heterocycles. The summed E-state index contributed by atoms with van der Waals surface area (Å²) in [5.41, 5.74) is 0. The first kappa shape index (κ1) is 14.4. The van der Waals surface area contributed by atoms with E-state index < -0.39 is 0 Å². The molecule has 0 aromatic carbocycles. The van der Waals surface area contributed by atoms with E-state index in [9.17, 15) is 0 Å². The van der Waals surface area contributed by atoms with Gasteiger partial charge in [-0.05, 0) is 62.6 Å². The number of hydrogen-bond donors (Lipinski definition) is 1. The summed E-state index contributed by atoms with van der Waals surface area (Å²) in [6.45, 7) is 4.92. The third-order valence-corrected chi connectivity index (χ3v) is 4.38. The maximum absolute atomic E-state index is 3.65. The molecule has 1 N–H and O–H groups in total. The first-order valence-electron chi connectivity index (χ1n) is 7.02. The second kappa shape index (κ2) is 9.35. The van der Waals surface area contributed by atoms with Crippen LogP contribution in [0.1, 0.15) is 51.9 Å². The Labute approximate surface area is 106 Å². The van der Waals surface area contributed by atoms with E-state index in [1.54, 1.807) is 0 Å². The Kier molecular flexibility index (Phi) is 8.40. The monoisotopic (exact) mass is 243 g/mol. The number of thioether (sulfide) groups is 1. The molecule has 1 fully saturated rings. The van der Waals surface area contributed by atoms with Crippen molar-refractivity contribution in [2.75, 3.05) is 25.1 Å². The Hall–Kier alpha value is 0.310. The SMILES string of the molecule is CSCCCCCNCC1CCCC(C)C1. The van der Waals surface area contributed by atoms with E-state index >= 15 is 0 Å². The molecule has 2 heteroatoms. The Balaban J connectivity index is 1.86. The minimum Gasteiger partial charge on any atom is -0.316 e. The molecule has 16 heavy (non-hydrogen) atoms. The molecule has 1 aliphatic carbocycles. The van der Waals surface area contributed by atoms with E-state index in [0.717, 1.165) is 11.8 Å². The molecule has 0 heterocycles. The van der Waals surface area contributed by atoms with E-state index in [4.69, 9.17) is 0 Å². The molecule has 1 aliphatic rings. The number of hydrogen-bond acceptors (Lipinski definition) is 2. The van der Waals surface area contributed by atoms with E-state index in [0.29, 0.717) is 0 Å². The predicted octanol–water partition coefficient (Wildman–Crippen LogP) is 3.94. The normalized spacial score (nSPS) is 25.9. The maximum Gasteiger partial charge on any atom is -0.00204 e. The van der Waals surface area contributed by atoms with Crippen LogP contribution in [0.4, 0.5) is 0 Å². The summed E-state index contributed by atoms with van der Waals surface area (Å²) >= 11 is 1.97. The second-order valence-corrected chi connectivity index (χ2v) is 6.38. The van der Waals surface area contributed by atoms with Gasteiger partial charge in [0.1, 0.15) is 0 Å². The van der Waals surface area contributed by atoms with Crippen molar-refractivity contribution in [1.29, 1.82) is 0 Å². The molecule has 0 amide bonds. The highest BCUT2D eigenvalue weighted by Gasteiger charge is 2.17. The van der Waals surface area contributed by atoms with Gasteiger partial charge in [0, 0.05) is 0 Å². The lowest BCUT2D eigenvalue weighted by Crippen LogP contribution is -2.27. The van der Waals surface area contributed by atoms with Crippen LogP contribution in [0.2, 0.25) is 0 Å². The van der Waals surface area contributed by atoms with Gasteiger partial charge < -0.3 is 5.32 Å². The summed E-state index contributed by atoms with van der Waals surface area (Å²) in [4.78, 5) is 0. The Bertz CT molecular complexity index is 161. The third-order valence-electron chi connectivity index (χ3n) is 3.68. The molecule has 1 nitrogen and oxygen atoms in total.